The van der Waals surface area contributed by atoms with E-state index in [0.717, 1.165) is 11.3 Å². The van der Waals surface area contributed by atoms with Crippen LogP contribution < -0.4 is 10.6 Å². The first-order valence-electron chi connectivity index (χ1n) is 11.2. The van der Waals surface area contributed by atoms with E-state index in [-0.39, 0.29) is 30.2 Å². The van der Waals surface area contributed by atoms with Crippen molar-refractivity contribution in [3.05, 3.63) is 28.2 Å². The first-order chi connectivity index (χ1) is 15.9. The van der Waals surface area contributed by atoms with Crippen LogP contribution in [0.2, 0.25) is 0 Å². The zero-order valence-electron chi connectivity index (χ0n) is 19.1. The number of aromatic nitrogens is 3. The van der Waals surface area contributed by atoms with Crippen LogP contribution in [0.15, 0.2) is 17.1 Å². The third kappa shape index (κ3) is 4.79. The fourth-order valence-corrected chi connectivity index (χ4v) is 5.87. The third-order valence-electron chi connectivity index (χ3n) is 6.84. The minimum Gasteiger partial charge on any atom is -0.388 e. The molecule has 2 aromatic heterocycles. The van der Waals surface area contributed by atoms with E-state index in [1.54, 1.807) is 6.92 Å². The maximum atomic E-state index is 13.2. The lowest BCUT2D eigenvalue weighted by Crippen LogP contribution is -2.46. The van der Waals surface area contributed by atoms with E-state index >= 15 is 0 Å². The van der Waals surface area contributed by atoms with Gasteiger partial charge in [-0.25, -0.2) is 31.6 Å². The summed E-state index contributed by atoms with van der Waals surface area (Å²) in [5, 5.41) is 22.9. The van der Waals surface area contributed by atoms with Gasteiger partial charge in [0.05, 0.1) is 23.9 Å². The van der Waals surface area contributed by atoms with Gasteiger partial charge in [0.25, 0.3) is 11.5 Å². The van der Waals surface area contributed by atoms with Crippen LogP contribution in [0, 0.1) is 0 Å². The highest BCUT2D eigenvalue weighted by atomic mass is 32.2. The number of nitrogens with zero attached hydrogens (tertiary/aromatic N) is 5. The van der Waals surface area contributed by atoms with Crippen molar-refractivity contribution in [2.75, 3.05) is 24.4 Å². The average Bonchev–Trinajstić information content (AvgIpc) is 3.11. The molecule has 34 heavy (non-hydrogen) atoms. The summed E-state index contributed by atoms with van der Waals surface area (Å²) in [7, 11) is -3.33. The maximum Gasteiger partial charge on any atom is 0.255 e. The first-order valence-corrected chi connectivity index (χ1v) is 13.1. The Bertz CT molecular complexity index is 1230. The highest BCUT2D eigenvalue weighted by Crippen LogP contribution is 2.39. The number of hydrogen-bond acceptors (Lipinski definition) is 8. The lowest BCUT2D eigenvalue weighted by Gasteiger charge is -2.34. The summed E-state index contributed by atoms with van der Waals surface area (Å²) in [5.41, 5.74) is -1.80. The van der Waals surface area contributed by atoms with Gasteiger partial charge in [-0.2, -0.15) is 4.98 Å². The van der Waals surface area contributed by atoms with E-state index in [1.807, 2.05) is 0 Å². The molecule has 3 heterocycles. The third-order valence-corrected chi connectivity index (χ3v) is 8.15. The molecule has 4 rings (SSSR count). The molecule has 188 valence electrons. The Kier molecular flexibility index (Phi) is 6.66. The van der Waals surface area contributed by atoms with Crippen LogP contribution in [-0.4, -0.2) is 75.0 Å². The Morgan fingerprint density at radius 3 is 2.53 bits per heavy atom. The van der Waals surface area contributed by atoms with Gasteiger partial charge in [-0.15, -0.1) is 0 Å². The van der Waals surface area contributed by atoms with Gasteiger partial charge in [0.2, 0.25) is 16.4 Å². The number of hydrogen-bond donors (Lipinski definition) is 2. The van der Waals surface area contributed by atoms with E-state index in [9.17, 15) is 32.3 Å². The second-order valence-corrected chi connectivity index (χ2v) is 11.4. The number of aliphatic hydroxyl groups is 1. The molecule has 1 saturated carbocycles. The lowest BCUT2D eigenvalue weighted by atomic mass is 9.99. The number of anilines is 1. The fraction of sp³-hybridized carbons (Fsp3) is 0.667. The average molecular weight is 502 g/mol. The molecule has 0 spiro atoms. The highest BCUT2D eigenvalue weighted by molar-refractivity contribution is 7.88. The Balaban J connectivity index is 1.74. The van der Waals surface area contributed by atoms with Crippen LogP contribution >= 0.6 is 0 Å². The van der Waals surface area contributed by atoms with Crippen molar-refractivity contribution in [2.45, 2.75) is 69.6 Å². The summed E-state index contributed by atoms with van der Waals surface area (Å²) >= 11 is 0. The molecule has 0 aromatic carbocycles. The maximum absolute atomic E-state index is 13.2. The second-order valence-electron chi connectivity index (χ2n) is 9.39. The number of halogens is 2. The molecule has 1 aliphatic carbocycles. The largest absolute Gasteiger partial charge is 0.388 e. The topological polar surface area (TPSA) is 129 Å². The van der Waals surface area contributed by atoms with E-state index in [1.165, 1.54) is 21.1 Å². The molecule has 1 aliphatic heterocycles. The summed E-state index contributed by atoms with van der Waals surface area (Å²) in [5.74, 6) is -0.0855. The monoisotopic (exact) mass is 501 g/mol. The normalized spacial score (nSPS) is 24.9. The summed E-state index contributed by atoms with van der Waals surface area (Å²) in [6.07, 6.45) is 1.35. The minimum absolute atomic E-state index is 0.0855. The molecule has 2 aliphatic rings. The number of pyridine rings is 1. The Labute approximate surface area is 195 Å². The molecule has 13 heteroatoms. The standard InChI is InChI=1S/C21H29F2N5O5S/c1-21(30)7-3-4-16(21)27-18-14(10-13(19(27)29)11-17(22)23)12-24-20(25-18)28(31)15-5-8-26(9-6-15)34(2,32)33/h10,12,15-17,30-31H,3-9,11H2,1-2H3/t16-,21-/m1/s1. The summed E-state index contributed by atoms with van der Waals surface area (Å²) in [6.45, 7) is 2.08. The van der Waals surface area contributed by atoms with Crippen LogP contribution in [0.4, 0.5) is 14.7 Å². The van der Waals surface area contributed by atoms with Crippen LogP contribution in [0.25, 0.3) is 11.0 Å². The quantitative estimate of drug-likeness (QED) is 0.573. The Morgan fingerprint density at radius 2 is 1.97 bits per heavy atom. The smallest absolute Gasteiger partial charge is 0.255 e. The number of fused-ring (bicyclic) bond motifs is 1. The predicted octanol–water partition coefficient (Wildman–Crippen LogP) is 1.69. The molecule has 0 radical (unpaired) electrons. The SMILES string of the molecule is C[C@@]1(O)CCC[C@H]1n1c(=O)c(CC(F)F)cc2cnc(N(O)C3CCN(S(C)(=O)=O)CC3)nc21. The fourth-order valence-electron chi connectivity index (χ4n) is 5.00. The Hall–Kier alpha value is -2.22. The molecule has 0 amide bonds. The van der Waals surface area contributed by atoms with Gasteiger partial charge < -0.3 is 5.11 Å². The lowest BCUT2D eigenvalue weighted by molar-refractivity contribution is 0.0265. The molecular weight excluding hydrogens is 472 g/mol. The molecule has 2 atom stereocenters. The zero-order chi connectivity index (χ0) is 24.8. The first kappa shape index (κ1) is 24.9. The van der Waals surface area contributed by atoms with Gasteiger partial charge in [0.15, 0.2) is 0 Å². The second kappa shape index (κ2) is 9.10. The van der Waals surface area contributed by atoms with Gasteiger partial charge >= 0.3 is 0 Å². The number of sulfonamides is 1. The highest BCUT2D eigenvalue weighted by Gasteiger charge is 2.40. The summed E-state index contributed by atoms with van der Waals surface area (Å²) in [4.78, 5) is 21.8. The number of rotatable bonds is 6. The van der Waals surface area contributed by atoms with Gasteiger partial charge in [-0.05, 0) is 45.1 Å². The van der Waals surface area contributed by atoms with E-state index in [2.05, 4.69) is 9.97 Å². The molecule has 0 bridgehead atoms. The molecule has 2 aromatic rings. The van der Waals surface area contributed by atoms with Gasteiger partial charge in [-0.1, -0.05) is 0 Å². The number of alkyl halides is 2. The molecule has 1 saturated heterocycles. The van der Waals surface area contributed by atoms with Crippen molar-refractivity contribution in [1.82, 2.24) is 18.8 Å². The van der Waals surface area contributed by atoms with Crippen LogP contribution in [-0.2, 0) is 16.4 Å². The van der Waals surface area contributed by atoms with Crippen molar-refractivity contribution in [3.8, 4) is 0 Å². The van der Waals surface area contributed by atoms with Crippen molar-refractivity contribution in [2.24, 2.45) is 0 Å². The number of piperidine rings is 1. The van der Waals surface area contributed by atoms with Crippen molar-refractivity contribution in [1.29, 1.82) is 0 Å². The summed E-state index contributed by atoms with van der Waals surface area (Å²) < 4.78 is 52.4. The van der Waals surface area contributed by atoms with Crippen LogP contribution in [0.5, 0.6) is 0 Å². The Morgan fingerprint density at radius 1 is 1.29 bits per heavy atom. The molecule has 2 N–H and O–H groups in total. The van der Waals surface area contributed by atoms with E-state index in [4.69, 9.17) is 0 Å². The minimum atomic E-state index is -3.33. The van der Waals surface area contributed by atoms with Gasteiger partial charge in [-0.3, -0.25) is 14.6 Å². The van der Waals surface area contributed by atoms with Crippen molar-refractivity contribution < 1.29 is 27.5 Å². The predicted molar refractivity (Wildman–Crippen MR) is 121 cm³/mol. The van der Waals surface area contributed by atoms with E-state index in [0.29, 0.717) is 37.5 Å². The van der Waals surface area contributed by atoms with E-state index < -0.39 is 46.1 Å². The van der Waals surface area contributed by atoms with Crippen molar-refractivity contribution >= 4 is 27.0 Å². The molecule has 2 fully saturated rings. The van der Waals surface area contributed by atoms with Crippen molar-refractivity contribution in [3.63, 3.8) is 0 Å². The molecule has 0 unspecified atom stereocenters. The summed E-state index contributed by atoms with van der Waals surface area (Å²) in [6, 6.07) is 0.233. The zero-order valence-corrected chi connectivity index (χ0v) is 19.9. The molecular formula is C21H29F2N5O5S. The van der Waals surface area contributed by atoms with Gasteiger partial charge in [0.1, 0.15) is 5.65 Å². The van der Waals surface area contributed by atoms with Crippen LogP contribution in [0.1, 0.15) is 50.6 Å². The molecule has 10 nitrogen and oxygen atoms in total. The van der Waals surface area contributed by atoms with Crippen LogP contribution in [0.3, 0.4) is 0 Å². The van der Waals surface area contributed by atoms with Gasteiger partial charge in [0, 0.05) is 36.7 Å². The number of hydroxylamine groups is 1.